The molecule has 0 saturated carbocycles. The molecule has 3 atom stereocenters. The molecule has 2 aliphatic heterocycles. The van der Waals surface area contributed by atoms with Gasteiger partial charge < -0.3 is 25.3 Å². The Labute approximate surface area is 138 Å². The van der Waals surface area contributed by atoms with E-state index >= 15 is 0 Å². The number of fused-ring (bicyclic) bond motifs is 3. The van der Waals surface area contributed by atoms with Gasteiger partial charge in [0.1, 0.15) is 18.7 Å². The topological polar surface area (TPSA) is 78.6 Å². The third-order valence-electron chi connectivity index (χ3n) is 4.39. The predicted molar refractivity (Wildman–Crippen MR) is 90.6 cm³/mol. The van der Waals surface area contributed by atoms with E-state index in [1.165, 1.54) is 0 Å². The van der Waals surface area contributed by atoms with Crippen molar-refractivity contribution in [2.24, 2.45) is 5.73 Å². The summed E-state index contributed by atoms with van der Waals surface area (Å²) in [4.78, 5) is 4.71. The monoisotopic (exact) mass is 335 g/mol. The van der Waals surface area contributed by atoms with Gasteiger partial charge in [-0.05, 0) is 25.0 Å². The first-order valence-electron chi connectivity index (χ1n) is 8.07. The normalized spacial score (nSPS) is 27.1. The Bertz CT molecular complexity index is 705. The van der Waals surface area contributed by atoms with E-state index in [0.717, 1.165) is 39.7 Å². The third kappa shape index (κ3) is 2.84. The van der Waals surface area contributed by atoms with Crippen molar-refractivity contribution in [1.29, 1.82) is 0 Å². The van der Waals surface area contributed by atoms with E-state index in [-0.39, 0.29) is 18.2 Å². The summed E-state index contributed by atoms with van der Waals surface area (Å²) in [6.45, 7) is 3.88. The number of benzene rings is 1. The SMILES string of the molecule is CC[C@H]1C[C@@H](Nc2nc3c4c(ccc3s2)OCCO4)[C@@H](N)CO1. The minimum atomic E-state index is -0.0155. The van der Waals surface area contributed by atoms with Crippen LogP contribution in [0.2, 0.25) is 0 Å². The largest absolute Gasteiger partial charge is 0.486 e. The van der Waals surface area contributed by atoms with Crippen LogP contribution in [0.5, 0.6) is 11.5 Å². The van der Waals surface area contributed by atoms with Crippen LogP contribution in [-0.4, -0.2) is 43.0 Å². The first-order chi connectivity index (χ1) is 11.2. The number of anilines is 1. The number of hydrogen-bond donors (Lipinski definition) is 2. The molecule has 1 aromatic carbocycles. The molecule has 4 rings (SSSR count). The molecule has 0 spiro atoms. The lowest BCUT2D eigenvalue weighted by Gasteiger charge is -2.34. The van der Waals surface area contributed by atoms with Gasteiger partial charge in [-0.25, -0.2) is 4.98 Å². The number of aromatic nitrogens is 1. The Morgan fingerprint density at radius 3 is 3.09 bits per heavy atom. The Hall–Kier alpha value is -1.57. The Kier molecular flexibility index (Phi) is 4.00. The van der Waals surface area contributed by atoms with Crippen LogP contribution in [0.15, 0.2) is 12.1 Å². The highest BCUT2D eigenvalue weighted by molar-refractivity contribution is 7.22. The highest BCUT2D eigenvalue weighted by Crippen LogP contribution is 2.40. The number of ether oxygens (including phenoxy) is 3. The highest BCUT2D eigenvalue weighted by atomic mass is 32.1. The molecule has 124 valence electrons. The number of nitrogens with zero attached hydrogens (tertiary/aromatic N) is 1. The Balaban J connectivity index is 1.59. The zero-order chi connectivity index (χ0) is 15.8. The summed E-state index contributed by atoms with van der Waals surface area (Å²) in [6.07, 6.45) is 2.18. The number of nitrogens with two attached hydrogens (primary N) is 1. The molecule has 23 heavy (non-hydrogen) atoms. The zero-order valence-corrected chi connectivity index (χ0v) is 13.9. The standard InChI is InChI=1S/C16H21N3O3S/c1-2-9-7-11(10(17)8-22-9)18-16-19-14-13(23-16)4-3-12-15(14)21-6-5-20-12/h3-4,9-11H,2,5-8,17H2,1H3,(H,18,19)/t9-,10-,11+/m0/s1. The van der Waals surface area contributed by atoms with Gasteiger partial charge in [-0.1, -0.05) is 18.3 Å². The van der Waals surface area contributed by atoms with Crippen LogP contribution in [-0.2, 0) is 4.74 Å². The molecule has 3 N–H and O–H groups in total. The molecule has 0 aliphatic carbocycles. The van der Waals surface area contributed by atoms with Crippen molar-refractivity contribution in [1.82, 2.24) is 4.98 Å². The summed E-state index contributed by atoms with van der Waals surface area (Å²) >= 11 is 1.62. The average Bonchev–Trinajstić information content (AvgIpc) is 3.00. The first kappa shape index (κ1) is 15.0. The Morgan fingerprint density at radius 2 is 2.22 bits per heavy atom. The fourth-order valence-corrected chi connectivity index (χ4v) is 3.99. The van der Waals surface area contributed by atoms with Crippen molar-refractivity contribution in [3.8, 4) is 11.5 Å². The lowest BCUT2D eigenvalue weighted by molar-refractivity contribution is -0.00169. The lowest BCUT2D eigenvalue weighted by atomic mass is 9.98. The van der Waals surface area contributed by atoms with Crippen molar-refractivity contribution in [3.63, 3.8) is 0 Å². The van der Waals surface area contributed by atoms with Gasteiger partial charge in [0.05, 0.1) is 17.4 Å². The predicted octanol–water partition coefficient (Wildman–Crippen LogP) is 2.37. The van der Waals surface area contributed by atoms with Crippen LogP contribution in [0.4, 0.5) is 5.13 Å². The summed E-state index contributed by atoms with van der Waals surface area (Å²) in [7, 11) is 0. The van der Waals surface area contributed by atoms with E-state index in [1.807, 2.05) is 12.1 Å². The van der Waals surface area contributed by atoms with E-state index in [9.17, 15) is 0 Å². The van der Waals surface area contributed by atoms with Gasteiger partial charge in [-0.2, -0.15) is 0 Å². The van der Waals surface area contributed by atoms with Crippen LogP contribution in [0.25, 0.3) is 10.2 Å². The molecule has 0 bridgehead atoms. The van der Waals surface area contributed by atoms with Crippen LogP contribution >= 0.6 is 11.3 Å². The molecule has 1 fully saturated rings. The number of rotatable bonds is 3. The van der Waals surface area contributed by atoms with Crippen molar-refractivity contribution in [3.05, 3.63) is 12.1 Å². The molecule has 0 unspecified atom stereocenters. The Morgan fingerprint density at radius 1 is 1.35 bits per heavy atom. The zero-order valence-electron chi connectivity index (χ0n) is 13.1. The number of hydrogen-bond acceptors (Lipinski definition) is 7. The van der Waals surface area contributed by atoms with E-state index in [2.05, 4.69) is 12.2 Å². The van der Waals surface area contributed by atoms with Crippen molar-refractivity contribution in [2.75, 3.05) is 25.1 Å². The summed E-state index contributed by atoms with van der Waals surface area (Å²) in [5, 5.41) is 4.37. The van der Waals surface area contributed by atoms with Crippen LogP contribution in [0, 0.1) is 0 Å². The second kappa shape index (κ2) is 6.14. The van der Waals surface area contributed by atoms with Crippen molar-refractivity contribution < 1.29 is 14.2 Å². The molecular weight excluding hydrogens is 314 g/mol. The summed E-state index contributed by atoms with van der Waals surface area (Å²) < 4.78 is 18.2. The third-order valence-corrected chi connectivity index (χ3v) is 5.34. The summed E-state index contributed by atoms with van der Waals surface area (Å²) in [5.74, 6) is 1.52. The van der Waals surface area contributed by atoms with Gasteiger partial charge in [0.15, 0.2) is 16.6 Å². The second-order valence-electron chi connectivity index (χ2n) is 5.97. The van der Waals surface area contributed by atoms with Crippen LogP contribution in [0.1, 0.15) is 19.8 Å². The summed E-state index contributed by atoms with van der Waals surface area (Å²) in [5.41, 5.74) is 7.06. The van der Waals surface area contributed by atoms with E-state index in [1.54, 1.807) is 11.3 Å². The smallest absolute Gasteiger partial charge is 0.188 e. The van der Waals surface area contributed by atoms with Crippen LogP contribution in [0.3, 0.4) is 0 Å². The lowest BCUT2D eigenvalue weighted by Crippen LogP contribution is -2.50. The van der Waals surface area contributed by atoms with Gasteiger partial charge in [0.25, 0.3) is 0 Å². The molecule has 1 aromatic heterocycles. The van der Waals surface area contributed by atoms with E-state index < -0.39 is 0 Å². The van der Waals surface area contributed by atoms with Crippen molar-refractivity contribution in [2.45, 2.75) is 38.0 Å². The molecule has 1 saturated heterocycles. The second-order valence-corrected chi connectivity index (χ2v) is 7.00. The van der Waals surface area contributed by atoms with Gasteiger partial charge in [-0.3, -0.25) is 0 Å². The number of thiazole rings is 1. The molecular formula is C16H21N3O3S. The molecule has 7 heteroatoms. The molecule has 3 heterocycles. The van der Waals surface area contributed by atoms with E-state index in [4.69, 9.17) is 24.9 Å². The maximum absolute atomic E-state index is 6.19. The number of nitrogens with one attached hydrogen (secondary N) is 1. The minimum Gasteiger partial charge on any atom is -0.486 e. The van der Waals surface area contributed by atoms with Gasteiger partial charge in [0, 0.05) is 12.1 Å². The van der Waals surface area contributed by atoms with Gasteiger partial charge in [-0.15, -0.1) is 0 Å². The molecule has 2 aromatic rings. The first-order valence-corrected chi connectivity index (χ1v) is 8.89. The summed E-state index contributed by atoms with van der Waals surface area (Å²) in [6, 6.07) is 4.15. The highest BCUT2D eigenvalue weighted by Gasteiger charge is 2.29. The molecule has 0 radical (unpaired) electrons. The fourth-order valence-electron chi connectivity index (χ4n) is 3.06. The van der Waals surface area contributed by atoms with Crippen LogP contribution < -0.4 is 20.5 Å². The average molecular weight is 335 g/mol. The van der Waals surface area contributed by atoms with Crippen molar-refractivity contribution >= 4 is 26.7 Å². The molecule has 6 nitrogen and oxygen atoms in total. The fraction of sp³-hybridized carbons (Fsp3) is 0.562. The molecule has 0 amide bonds. The minimum absolute atomic E-state index is 0.0155. The molecule has 2 aliphatic rings. The van der Waals surface area contributed by atoms with Gasteiger partial charge in [0.2, 0.25) is 0 Å². The quantitative estimate of drug-likeness (QED) is 0.896. The maximum Gasteiger partial charge on any atom is 0.188 e. The van der Waals surface area contributed by atoms with Gasteiger partial charge >= 0.3 is 0 Å². The maximum atomic E-state index is 6.19. The van der Waals surface area contributed by atoms with E-state index in [0.29, 0.717) is 19.8 Å².